The molecule has 0 aliphatic carbocycles. The molecule has 14 heteroatoms. The zero-order valence-corrected chi connectivity index (χ0v) is 30.0. The molecule has 276 valence electrons. The molecule has 2 aliphatic heterocycles. The standard InChI is InChI=1S/C37H49N5O9/c1-6-30(44)49-33-23(4)48-36(35(51-32(46)8-3)34(33)50-31(45)7-2)47-22-29(43)25-19-39-37(40-20-25)42-15-13-24(14-16-42)17-38-18-26-21-41(5)28-12-10-9-11-27(26)28/h9-12,19-21,23-24,33-36,38H,6-8,13-18,22H2,1-5H3/t23-,33+,34+,35-,36+/m0/s1. The number of ether oxygens (including phenoxy) is 5. The Kier molecular flexibility index (Phi) is 13.1. The van der Waals surface area contributed by atoms with Crippen LogP contribution >= 0.6 is 0 Å². The molecule has 14 nitrogen and oxygen atoms in total. The van der Waals surface area contributed by atoms with Crippen molar-refractivity contribution in [3.63, 3.8) is 0 Å². The van der Waals surface area contributed by atoms with Crippen LogP contribution in [0.2, 0.25) is 0 Å². The number of nitrogens with one attached hydrogen (secondary N) is 1. The van der Waals surface area contributed by atoms with Crippen LogP contribution in [0.15, 0.2) is 42.9 Å². The highest BCUT2D eigenvalue weighted by Gasteiger charge is 2.51. The minimum absolute atomic E-state index is 0.0235. The summed E-state index contributed by atoms with van der Waals surface area (Å²) in [5.41, 5.74) is 2.76. The summed E-state index contributed by atoms with van der Waals surface area (Å²) in [6.07, 6.45) is 1.61. The van der Waals surface area contributed by atoms with E-state index < -0.39 is 61.0 Å². The van der Waals surface area contributed by atoms with Crippen LogP contribution in [0.1, 0.15) is 75.7 Å². The molecule has 5 rings (SSSR count). The number of benzene rings is 1. The Hall–Kier alpha value is -4.40. The molecule has 2 fully saturated rings. The summed E-state index contributed by atoms with van der Waals surface area (Å²) in [5, 5.41) is 4.92. The Morgan fingerprint density at radius 2 is 1.49 bits per heavy atom. The zero-order chi connectivity index (χ0) is 36.5. The number of fused-ring (bicyclic) bond motifs is 1. The van der Waals surface area contributed by atoms with Gasteiger partial charge in [-0.15, -0.1) is 0 Å². The Morgan fingerprint density at radius 1 is 0.882 bits per heavy atom. The number of para-hydroxylation sites is 1. The van der Waals surface area contributed by atoms with E-state index in [2.05, 4.69) is 62.3 Å². The molecule has 1 aromatic carbocycles. The predicted molar refractivity (Wildman–Crippen MR) is 187 cm³/mol. The lowest BCUT2D eigenvalue weighted by Gasteiger charge is -2.43. The van der Waals surface area contributed by atoms with E-state index in [1.165, 1.54) is 28.9 Å². The monoisotopic (exact) mass is 707 g/mol. The van der Waals surface area contributed by atoms with Crippen molar-refractivity contribution in [3.8, 4) is 0 Å². The number of ketones is 1. The zero-order valence-electron chi connectivity index (χ0n) is 30.0. The molecule has 1 N–H and O–H groups in total. The maximum atomic E-state index is 13.2. The van der Waals surface area contributed by atoms with Gasteiger partial charge in [0.15, 0.2) is 30.4 Å². The highest BCUT2D eigenvalue weighted by atomic mass is 16.7. The normalized spacial score (nSPS) is 22.5. The number of piperidine rings is 1. The first-order chi connectivity index (χ1) is 24.6. The fourth-order valence-corrected chi connectivity index (χ4v) is 6.42. The van der Waals surface area contributed by atoms with Crippen LogP contribution in [0.3, 0.4) is 0 Å². The van der Waals surface area contributed by atoms with Crippen molar-refractivity contribution >= 4 is 40.5 Å². The average molecular weight is 708 g/mol. The number of carbonyl (C=O) groups is 4. The highest BCUT2D eigenvalue weighted by Crippen LogP contribution is 2.30. The van der Waals surface area contributed by atoms with Crippen molar-refractivity contribution in [2.45, 2.75) is 97.0 Å². The van der Waals surface area contributed by atoms with E-state index in [1.807, 2.05) is 0 Å². The van der Waals surface area contributed by atoms with Crippen LogP contribution in [0.5, 0.6) is 0 Å². The smallest absolute Gasteiger partial charge is 0.306 e. The van der Waals surface area contributed by atoms with Gasteiger partial charge in [0.25, 0.3) is 0 Å². The third-order valence-electron chi connectivity index (χ3n) is 9.36. The maximum absolute atomic E-state index is 13.2. The van der Waals surface area contributed by atoms with Crippen molar-refractivity contribution in [2.75, 3.05) is 31.1 Å². The first kappa shape index (κ1) is 37.8. The summed E-state index contributed by atoms with van der Waals surface area (Å²) in [6.45, 7) is 9.38. The average Bonchev–Trinajstić information content (AvgIpc) is 3.47. The molecule has 0 unspecified atom stereocenters. The number of rotatable bonds is 15. The van der Waals surface area contributed by atoms with Crippen molar-refractivity contribution in [3.05, 3.63) is 54.0 Å². The van der Waals surface area contributed by atoms with E-state index in [0.29, 0.717) is 11.9 Å². The predicted octanol–water partition coefficient (Wildman–Crippen LogP) is 3.88. The molecular weight excluding hydrogens is 658 g/mol. The van der Waals surface area contributed by atoms with Gasteiger partial charge >= 0.3 is 17.9 Å². The summed E-state index contributed by atoms with van der Waals surface area (Å²) in [7, 11) is 2.07. The number of aromatic nitrogens is 3. The Morgan fingerprint density at radius 3 is 2.14 bits per heavy atom. The van der Waals surface area contributed by atoms with E-state index in [4.69, 9.17) is 23.7 Å². The molecule has 0 bridgehead atoms. The van der Waals surface area contributed by atoms with Gasteiger partial charge in [0.1, 0.15) is 6.61 Å². The van der Waals surface area contributed by atoms with Crippen LogP contribution < -0.4 is 10.2 Å². The Bertz CT molecular complexity index is 1650. The summed E-state index contributed by atoms with van der Waals surface area (Å²) >= 11 is 0. The van der Waals surface area contributed by atoms with Crippen LogP contribution in [0.25, 0.3) is 10.9 Å². The Labute approximate surface area is 298 Å². The third-order valence-corrected chi connectivity index (χ3v) is 9.36. The van der Waals surface area contributed by atoms with E-state index in [0.717, 1.165) is 39.0 Å². The summed E-state index contributed by atoms with van der Waals surface area (Å²) in [6, 6.07) is 8.44. The summed E-state index contributed by atoms with van der Waals surface area (Å²) < 4.78 is 30.7. The number of anilines is 1. The summed E-state index contributed by atoms with van der Waals surface area (Å²) in [4.78, 5) is 61.2. The number of carbonyl (C=O) groups excluding carboxylic acids is 4. The molecule has 0 amide bonds. The van der Waals surface area contributed by atoms with Crippen LogP contribution in [-0.2, 0) is 51.7 Å². The number of Topliss-reactive ketones (excluding diaryl/α,β-unsaturated/α-hetero) is 1. The van der Waals surface area contributed by atoms with Crippen molar-refractivity contribution < 1.29 is 42.9 Å². The van der Waals surface area contributed by atoms with Crippen molar-refractivity contribution in [2.24, 2.45) is 13.0 Å². The van der Waals surface area contributed by atoms with E-state index in [9.17, 15) is 19.2 Å². The number of nitrogens with zero attached hydrogens (tertiary/aromatic N) is 4. The maximum Gasteiger partial charge on any atom is 0.306 e. The van der Waals surface area contributed by atoms with E-state index in [1.54, 1.807) is 27.7 Å². The molecule has 51 heavy (non-hydrogen) atoms. The van der Waals surface area contributed by atoms with Crippen LogP contribution in [-0.4, -0.2) is 95.2 Å². The molecule has 2 saturated heterocycles. The molecule has 0 saturated carbocycles. The SMILES string of the molecule is CCC(=O)O[C@H]1[C@H](OC(=O)CC)[C@H](OCC(=O)c2cnc(N3CCC(CNCc4cn(C)c5ccccc45)CC3)nc2)O[C@@H](C)[C@H]1OC(=O)CC. The Balaban J connectivity index is 1.14. The number of aryl methyl sites for hydroxylation is 1. The van der Waals surface area contributed by atoms with Gasteiger partial charge in [-0.2, -0.15) is 0 Å². The lowest BCUT2D eigenvalue weighted by molar-refractivity contribution is -0.299. The second kappa shape index (κ2) is 17.7. The summed E-state index contributed by atoms with van der Waals surface area (Å²) in [5.74, 6) is -1.07. The van der Waals surface area contributed by atoms with Gasteiger partial charge in [-0.05, 0) is 43.9 Å². The molecule has 3 aromatic rings. The highest BCUT2D eigenvalue weighted by molar-refractivity contribution is 5.96. The molecule has 5 atom stereocenters. The van der Waals surface area contributed by atoms with Gasteiger partial charge in [0.05, 0.1) is 11.7 Å². The molecule has 0 spiro atoms. The second-order valence-electron chi connectivity index (χ2n) is 13.0. The van der Waals surface area contributed by atoms with Gasteiger partial charge in [-0.25, -0.2) is 9.97 Å². The van der Waals surface area contributed by atoms with Gasteiger partial charge in [-0.1, -0.05) is 39.0 Å². The molecule has 0 radical (unpaired) electrons. The lowest BCUT2D eigenvalue weighted by atomic mass is 9.97. The third kappa shape index (κ3) is 9.48. The van der Waals surface area contributed by atoms with Crippen LogP contribution in [0, 0.1) is 5.92 Å². The van der Waals surface area contributed by atoms with Crippen molar-refractivity contribution in [1.82, 2.24) is 19.9 Å². The first-order valence-electron chi connectivity index (χ1n) is 17.8. The topological polar surface area (TPSA) is 160 Å². The minimum atomic E-state index is -1.29. The van der Waals surface area contributed by atoms with Gasteiger partial charge < -0.3 is 38.5 Å². The molecule has 2 aromatic heterocycles. The van der Waals surface area contributed by atoms with Gasteiger partial charge in [0.2, 0.25) is 5.95 Å². The molecular formula is C37H49N5O9. The molecule has 4 heterocycles. The fourth-order valence-electron chi connectivity index (χ4n) is 6.42. The van der Waals surface area contributed by atoms with Crippen molar-refractivity contribution in [1.29, 1.82) is 0 Å². The number of hydrogen-bond acceptors (Lipinski definition) is 13. The lowest BCUT2D eigenvalue weighted by Crippen LogP contribution is -2.61. The van der Waals surface area contributed by atoms with Crippen LogP contribution in [0.4, 0.5) is 5.95 Å². The second-order valence-corrected chi connectivity index (χ2v) is 13.0. The number of esters is 3. The largest absolute Gasteiger partial charge is 0.455 e. The van der Waals surface area contributed by atoms with E-state index >= 15 is 0 Å². The quantitative estimate of drug-likeness (QED) is 0.138. The van der Waals surface area contributed by atoms with Gasteiger partial charge in [0, 0.05) is 75.4 Å². The number of hydrogen-bond donors (Lipinski definition) is 1. The minimum Gasteiger partial charge on any atom is -0.455 e. The van der Waals surface area contributed by atoms with Gasteiger partial charge in [-0.3, -0.25) is 19.2 Å². The first-order valence-corrected chi connectivity index (χ1v) is 17.8. The molecule has 2 aliphatic rings. The van der Waals surface area contributed by atoms with E-state index in [-0.39, 0.29) is 24.8 Å². The fraction of sp³-hybridized carbons (Fsp3) is 0.568.